The van der Waals surface area contributed by atoms with Crippen LogP contribution in [-0.2, 0) is 0 Å². The average Bonchev–Trinajstić information content (AvgIpc) is 2.76. The molecule has 0 amide bonds. The van der Waals surface area contributed by atoms with Gasteiger partial charge in [-0.2, -0.15) is 5.23 Å². The maximum atomic E-state index is 11.2. The Morgan fingerprint density at radius 2 is 1.89 bits per heavy atom. The number of allylic oxidation sites excluding steroid dienone is 1. The van der Waals surface area contributed by atoms with Crippen LogP contribution in [0.2, 0.25) is 5.02 Å². The van der Waals surface area contributed by atoms with Crippen molar-refractivity contribution in [1.82, 2.24) is 0 Å². The Bertz CT molecular complexity index is 891. The molecule has 0 saturated heterocycles. The number of fused-ring (bicyclic) bond motifs is 1. The van der Waals surface area contributed by atoms with Crippen LogP contribution in [0.4, 0.5) is 17.1 Å². The third-order valence-corrected chi connectivity index (χ3v) is 5.76. The lowest BCUT2D eigenvalue weighted by Crippen LogP contribution is -2.99. The highest BCUT2D eigenvalue weighted by Crippen LogP contribution is 2.47. The van der Waals surface area contributed by atoms with Crippen LogP contribution in [0.5, 0.6) is 0 Å². The summed E-state index contributed by atoms with van der Waals surface area (Å²) in [6, 6.07) is 13.0. The molecule has 0 bridgehead atoms. The first-order chi connectivity index (χ1) is 12.8. The fourth-order valence-corrected chi connectivity index (χ4v) is 4.17. The summed E-state index contributed by atoms with van der Waals surface area (Å²) in [5.74, 6) is 0. The topological polar surface area (TPSA) is 71.8 Å². The molecular formula is C21H24ClN3O2. The van der Waals surface area contributed by atoms with E-state index in [0.29, 0.717) is 10.7 Å². The van der Waals surface area contributed by atoms with Crippen LogP contribution >= 0.6 is 11.6 Å². The van der Waals surface area contributed by atoms with E-state index in [1.165, 1.54) is 11.3 Å². The minimum atomic E-state index is -0.909. The van der Waals surface area contributed by atoms with Crippen LogP contribution in [0.15, 0.2) is 53.7 Å². The molecule has 0 spiro atoms. The summed E-state index contributed by atoms with van der Waals surface area (Å²) in [5, 5.41) is 27.4. The van der Waals surface area contributed by atoms with Gasteiger partial charge in [-0.25, -0.2) is 5.21 Å². The predicted molar refractivity (Wildman–Crippen MR) is 108 cm³/mol. The maximum absolute atomic E-state index is 11.2. The second-order valence-corrected chi connectivity index (χ2v) is 8.60. The quantitative estimate of drug-likeness (QED) is 0.561. The Morgan fingerprint density at radius 3 is 2.59 bits per heavy atom. The Hall–Kier alpha value is -2.05. The molecule has 1 aliphatic heterocycles. The molecule has 2 aliphatic rings. The highest BCUT2D eigenvalue weighted by Gasteiger charge is 2.33. The van der Waals surface area contributed by atoms with Gasteiger partial charge >= 0.3 is 0 Å². The molecule has 2 aromatic rings. The summed E-state index contributed by atoms with van der Waals surface area (Å²) in [5.41, 5.74) is 6.18. The molecule has 1 aliphatic carbocycles. The number of quaternary nitrogens is 1. The van der Waals surface area contributed by atoms with Gasteiger partial charge in [0, 0.05) is 22.9 Å². The first-order valence-electron chi connectivity index (χ1n) is 9.21. The van der Waals surface area contributed by atoms with Gasteiger partial charge in [0.15, 0.2) is 5.69 Å². The molecule has 1 heterocycles. The average molecular weight is 386 g/mol. The van der Waals surface area contributed by atoms with Gasteiger partial charge in [0.2, 0.25) is 0 Å². The lowest BCUT2D eigenvalue weighted by molar-refractivity contribution is -0.991. The van der Waals surface area contributed by atoms with Crippen molar-refractivity contribution in [3.05, 3.63) is 69.5 Å². The van der Waals surface area contributed by atoms with Gasteiger partial charge in [-0.1, -0.05) is 37.6 Å². The number of nitrogens with one attached hydrogen (secondary N) is 3. The second-order valence-electron chi connectivity index (χ2n) is 8.16. The third kappa shape index (κ3) is 3.69. The summed E-state index contributed by atoms with van der Waals surface area (Å²) in [7, 11) is 0. The highest BCUT2D eigenvalue weighted by atomic mass is 35.5. The molecule has 4 N–H and O–H groups in total. The minimum Gasteiger partial charge on any atom is -0.595 e. The van der Waals surface area contributed by atoms with Crippen molar-refractivity contribution in [2.75, 3.05) is 10.6 Å². The molecule has 4 rings (SSSR count). The highest BCUT2D eigenvalue weighted by molar-refractivity contribution is 6.31. The van der Waals surface area contributed by atoms with Gasteiger partial charge in [0.1, 0.15) is 0 Å². The van der Waals surface area contributed by atoms with E-state index in [0.717, 1.165) is 36.2 Å². The van der Waals surface area contributed by atoms with E-state index < -0.39 is 5.23 Å². The molecular weight excluding hydrogens is 362 g/mol. The van der Waals surface area contributed by atoms with E-state index in [4.69, 9.17) is 11.6 Å². The largest absolute Gasteiger partial charge is 0.595 e. The zero-order valence-corrected chi connectivity index (χ0v) is 16.2. The molecule has 2 unspecified atom stereocenters. The molecule has 6 heteroatoms. The molecule has 5 nitrogen and oxygen atoms in total. The summed E-state index contributed by atoms with van der Waals surface area (Å²) in [6.45, 7) is 4.60. The van der Waals surface area contributed by atoms with E-state index in [1.807, 2.05) is 30.3 Å². The number of hydrogen-bond acceptors (Lipinski definition) is 4. The Morgan fingerprint density at radius 1 is 1.15 bits per heavy atom. The van der Waals surface area contributed by atoms with Crippen molar-refractivity contribution in [2.45, 2.75) is 39.2 Å². The van der Waals surface area contributed by atoms with Gasteiger partial charge in [0.25, 0.3) is 0 Å². The Balaban J connectivity index is 1.79. The molecule has 0 aromatic heterocycles. The SMILES string of the molecule is CC1(C)CCC2=C(C1)Nc1ccc(Cl)cc1NC2c1ccc([NH+]([O-])O)cc1. The van der Waals surface area contributed by atoms with E-state index in [-0.39, 0.29) is 11.5 Å². The van der Waals surface area contributed by atoms with E-state index in [1.54, 1.807) is 12.1 Å². The lowest BCUT2D eigenvalue weighted by atomic mass is 9.74. The molecule has 0 radical (unpaired) electrons. The molecule has 2 aromatic carbocycles. The maximum Gasteiger partial charge on any atom is 0.163 e. The van der Waals surface area contributed by atoms with Crippen LogP contribution in [0.1, 0.15) is 44.7 Å². The van der Waals surface area contributed by atoms with Crippen molar-refractivity contribution in [3.63, 3.8) is 0 Å². The zero-order chi connectivity index (χ0) is 19.2. The van der Waals surface area contributed by atoms with Crippen molar-refractivity contribution in [2.24, 2.45) is 5.41 Å². The van der Waals surface area contributed by atoms with E-state index >= 15 is 0 Å². The van der Waals surface area contributed by atoms with Crippen LogP contribution in [-0.4, -0.2) is 5.21 Å². The second kappa shape index (κ2) is 6.84. The van der Waals surface area contributed by atoms with Crippen LogP contribution in [0.25, 0.3) is 0 Å². The van der Waals surface area contributed by atoms with Gasteiger partial charge in [-0.15, -0.1) is 0 Å². The molecule has 27 heavy (non-hydrogen) atoms. The number of anilines is 2. The van der Waals surface area contributed by atoms with Crippen molar-refractivity contribution in [1.29, 1.82) is 0 Å². The van der Waals surface area contributed by atoms with Crippen molar-refractivity contribution < 1.29 is 10.4 Å². The van der Waals surface area contributed by atoms with Crippen LogP contribution < -0.4 is 15.9 Å². The van der Waals surface area contributed by atoms with E-state index in [2.05, 4.69) is 24.5 Å². The summed E-state index contributed by atoms with van der Waals surface area (Å²) in [6.07, 6.45) is 3.10. The van der Waals surface area contributed by atoms with Gasteiger partial charge in [0.05, 0.1) is 17.4 Å². The number of rotatable bonds is 2. The molecule has 2 atom stereocenters. The van der Waals surface area contributed by atoms with Crippen molar-refractivity contribution in [3.8, 4) is 0 Å². The lowest BCUT2D eigenvalue weighted by Gasteiger charge is -2.35. The minimum absolute atomic E-state index is 0.00818. The Kier molecular flexibility index (Phi) is 4.64. The van der Waals surface area contributed by atoms with Gasteiger partial charge in [-0.3, -0.25) is 0 Å². The molecule has 0 saturated carbocycles. The monoisotopic (exact) mass is 385 g/mol. The summed E-state index contributed by atoms with van der Waals surface area (Å²) in [4.78, 5) is 0. The predicted octanol–water partition coefficient (Wildman–Crippen LogP) is 4.79. The molecule has 142 valence electrons. The number of halogens is 1. The summed E-state index contributed by atoms with van der Waals surface area (Å²) >= 11 is 6.23. The smallest absolute Gasteiger partial charge is 0.163 e. The number of benzene rings is 2. The first-order valence-corrected chi connectivity index (χ1v) is 9.58. The van der Waals surface area contributed by atoms with Crippen molar-refractivity contribution >= 4 is 28.7 Å². The molecule has 0 fully saturated rings. The zero-order valence-electron chi connectivity index (χ0n) is 15.5. The van der Waals surface area contributed by atoms with Crippen LogP contribution in [0.3, 0.4) is 0 Å². The Labute approximate surface area is 164 Å². The fraction of sp³-hybridized carbons (Fsp3) is 0.333. The first kappa shape index (κ1) is 18.3. The van der Waals surface area contributed by atoms with Crippen LogP contribution in [0, 0.1) is 10.6 Å². The fourth-order valence-electron chi connectivity index (χ4n) is 4.00. The standard InChI is InChI=1S/C21H24ClN3O2/c1-21(2)10-9-16-19(12-21)23-17-8-5-14(22)11-18(17)24-20(16)13-3-6-15(7-4-13)25(26)27/h3-8,11,20,23-26H,9-10,12H2,1-2H3. The van der Waals surface area contributed by atoms with Gasteiger partial charge < -0.3 is 15.8 Å². The van der Waals surface area contributed by atoms with Gasteiger partial charge in [-0.05, 0) is 54.0 Å². The van der Waals surface area contributed by atoms with E-state index in [9.17, 15) is 10.4 Å². The summed E-state index contributed by atoms with van der Waals surface area (Å²) < 4.78 is 0. The third-order valence-electron chi connectivity index (χ3n) is 5.52. The normalized spacial score (nSPS) is 22.0. The number of hydrogen-bond donors (Lipinski definition) is 4.